The molecule has 9 heteroatoms. The van der Waals surface area contributed by atoms with E-state index in [1.54, 1.807) is 31.4 Å². The summed E-state index contributed by atoms with van der Waals surface area (Å²) in [6.45, 7) is 1.93. The molecule has 1 saturated heterocycles. The van der Waals surface area contributed by atoms with E-state index in [-0.39, 0.29) is 23.9 Å². The molecule has 0 spiro atoms. The topological polar surface area (TPSA) is 119 Å². The van der Waals surface area contributed by atoms with E-state index in [2.05, 4.69) is 16.0 Å². The number of fused-ring (bicyclic) bond motifs is 1. The highest BCUT2D eigenvalue weighted by Crippen LogP contribution is 2.36. The third kappa shape index (κ3) is 4.30. The molecule has 5 rings (SSSR count). The largest absolute Gasteiger partial charge is 0.497 e. The van der Waals surface area contributed by atoms with Crippen molar-refractivity contribution in [3.63, 3.8) is 0 Å². The normalized spacial score (nSPS) is 18.3. The number of aromatic nitrogens is 3. The first-order valence-electron chi connectivity index (χ1n) is 12.2. The van der Waals surface area contributed by atoms with Crippen molar-refractivity contribution in [1.82, 2.24) is 14.1 Å². The summed E-state index contributed by atoms with van der Waals surface area (Å²) in [5.41, 5.74) is 7.61. The molecular formula is C26H30N6O3. The van der Waals surface area contributed by atoms with Crippen LogP contribution in [0.3, 0.4) is 0 Å². The number of nitrogens with zero attached hydrogens (tertiary/aromatic N) is 5. The summed E-state index contributed by atoms with van der Waals surface area (Å²) in [6.07, 6.45) is 6.63. The summed E-state index contributed by atoms with van der Waals surface area (Å²) < 4.78 is 8.54. The third-order valence-corrected chi connectivity index (χ3v) is 7.24. The van der Waals surface area contributed by atoms with Crippen LogP contribution in [0.5, 0.6) is 5.75 Å². The molecule has 0 bridgehead atoms. The minimum absolute atomic E-state index is 0.0237. The number of hydrogen-bond acceptors (Lipinski definition) is 7. The molecule has 3 heterocycles. The number of carbonyl (C=O) groups excluding carboxylic acids is 1. The fourth-order valence-corrected chi connectivity index (χ4v) is 5.15. The van der Waals surface area contributed by atoms with Crippen LogP contribution in [-0.2, 0) is 13.1 Å². The number of anilines is 1. The van der Waals surface area contributed by atoms with Crippen LogP contribution in [-0.4, -0.2) is 46.1 Å². The van der Waals surface area contributed by atoms with Crippen molar-refractivity contribution in [1.29, 1.82) is 5.26 Å². The van der Waals surface area contributed by atoms with Crippen molar-refractivity contribution in [3.8, 4) is 11.8 Å². The average Bonchev–Trinajstić information content (AvgIpc) is 3.17. The first-order valence-corrected chi connectivity index (χ1v) is 12.2. The Kier molecular flexibility index (Phi) is 6.31. The zero-order valence-corrected chi connectivity index (χ0v) is 19.9. The van der Waals surface area contributed by atoms with Crippen LogP contribution < -0.4 is 20.9 Å². The van der Waals surface area contributed by atoms with Gasteiger partial charge in [-0.15, -0.1) is 0 Å². The van der Waals surface area contributed by atoms with Gasteiger partial charge in [0.2, 0.25) is 0 Å². The van der Waals surface area contributed by atoms with Crippen molar-refractivity contribution in [3.05, 3.63) is 52.1 Å². The summed E-state index contributed by atoms with van der Waals surface area (Å²) in [6, 6.07) is 9.20. The first-order chi connectivity index (χ1) is 17.0. The van der Waals surface area contributed by atoms with Gasteiger partial charge >= 0.3 is 0 Å². The minimum atomic E-state index is -0.311. The van der Waals surface area contributed by atoms with Gasteiger partial charge in [-0.1, -0.05) is 18.6 Å². The second kappa shape index (κ2) is 9.55. The molecule has 1 aliphatic heterocycles. The second-order valence-electron chi connectivity index (χ2n) is 9.60. The standard InChI is InChI=1S/C26H30N6O3/c1-35-20-9-3-7-18(11-20)22(33)15-31-16-29-23-21(12-27)25(30-10-4-8-19(28)14-30)32(24(23)26(31)34)13-17-5-2-6-17/h3,7,9,11,16-17,19H,2,4-6,8,10,13-15,28H2,1H3. The summed E-state index contributed by atoms with van der Waals surface area (Å²) in [7, 11) is 1.54. The van der Waals surface area contributed by atoms with Gasteiger partial charge in [0.15, 0.2) is 5.78 Å². The Hall–Kier alpha value is -3.64. The number of methoxy groups -OCH3 is 1. The Morgan fingerprint density at radius 1 is 1.29 bits per heavy atom. The van der Waals surface area contributed by atoms with Gasteiger partial charge in [0.05, 0.1) is 20.0 Å². The van der Waals surface area contributed by atoms with Gasteiger partial charge < -0.3 is 19.9 Å². The number of hydrogen-bond donors (Lipinski definition) is 1. The quantitative estimate of drug-likeness (QED) is 0.523. The smallest absolute Gasteiger partial charge is 0.278 e. The van der Waals surface area contributed by atoms with Gasteiger partial charge in [-0.25, -0.2) is 4.98 Å². The van der Waals surface area contributed by atoms with Gasteiger partial charge in [0, 0.05) is 31.2 Å². The van der Waals surface area contributed by atoms with Crippen LogP contribution in [0.15, 0.2) is 35.4 Å². The molecule has 1 atom stereocenters. The Bertz CT molecular complexity index is 1360. The van der Waals surface area contributed by atoms with Crippen LogP contribution in [0.25, 0.3) is 11.0 Å². The molecule has 1 unspecified atom stereocenters. The number of nitrogens with two attached hydrogens (primary N) is 1. The van der Waals surface area contributed by atoms with E-state index in [9.17, 15) is 14.9 Å². The molecular weight excluding hydrogens is 444 g/mol. The average molecular weight is 475 g/mol. The number of nitriles is 1. The highest BCUT2D eigenvalue weighted by molar-refractivity contribution is 5.96. The second-order valence-corrected chi connectivity index (χ2v) is 9.60. The maximum absolute atomic E-state index is 13.7. The molecule has 2 fully saturated rings. The molecule has 1 saturated carbocycles. The Morgan fingerprint density at radius 2 is 2.11 bits per heavy atom. The van der Waals surface area contributed by atoms with E-state index >= 15 is 0 Å². The molecule has 3 aromatic rings. The Balaban J connectivity index is 1.60. The lowest BCUT2D eigenvalue weighted by Gasteiger charge is -2.35. The molecule has 9 nitrogen and oxygen atoms in total. The predicted octanol–water partition coefficient (Wildman–Crippen LogP) is 2.69. The number of carbonyl (C=O) groups is 1. The lowest BCUT2D eigenvalue weighted by molar-refractivity contribution is 0.0970. The van der Waals surface area contributed by atoms with E-state index in [4.69, 9.17) is 10.5 Å². The molecule has 2 aliphatic rings. The number of benzene rings is 1. The molecule has 2 aromatic heterocycles. The zero-order chi connectivity index (χ0) is 24.5. The van der Waals surface area contributed by atoms with Crippen molar-refractivity contribution in [2.24, 2.45) is 11.7 Å². The zero-order valence-electron chi connectivity index (χ0n) is 19.9. The maximum atomic E-state index is 13.7. The lowest BCUT2D eigenvalue weighted by Crippen LogP contribution is -2.44. The van der Waals surface area contributed by atoms with Crippen LogP contribution in [0.2, 0.25) is 0 Å². The molecule has 35 heavy (non-hydrogen) atoms. The first kappa shape index (κ1) is 23.1. The lowest BCUT2D eigenvalue weighted by atomic mass is 9.85. The SMILES string of the molecule is COc1cccc(C(=O)Cn2cnc3c(C#N)c(N4CCCC(N)C4)n(CC4CCC4)c3c2=O)c1. The van der Waals surface area contributed by atoms with Crippen LogP contribution in [0, 0.1) is 17.2 Å². The van der Waals surface area contributed by atoms with Crippen molar-refractivity contribution < 1.29 is 9.53 Å². The number of Topliss-reactive ketones (excluding diaryl/α,β-unsaturated/α-hetero) is 1. The summed E-state index contributed by atoms with van der Waals surface area (Å²) in [4.78, 5) is 33.4. The summed E-state index contributed by atoms with van der Waals surface area (Å²) in [5.74, 6) is 1.56. The Morgan fingerprint density at radius 3 is 2.80 bits per heavy atom. The summed E-state index contributed by atoms with van der Waals surface area (Å²) in [5, 5.41) is 10.1. The minimum Gasteiger partial charge on any atom is -0.497 e. The summed E-state index contributed by atoms with van der Waals surface area (Å²) >= 11 is 0. The molecule has 0 amide bonds. The third-order valence-electron chi connectivity index (χ3n) is 7.24. The fraction of sp³-hybridized carbons (Fsp3) is 0.462. The number of rotatable bonds is 7. The van der Waals surface area contributed by atoms with Gasteiger partial charge in [-0.05, 0) is 43.7 Å². The van der Waals surface area contributed by atoms with Crippen LogP contribution in [0.4, 0.5) is 5.82 Å². The van der Waals surface area contributed by atoms with Gasteiger partial charge in [-0.3, -0.25) is 14.2 Å². The molecule has 182 valence electrons. The van der Waals surface area contributed by atoms with E-state index < -0.39 is 0 Å². The van der Waals surface area contributed by atoms with E-state index in [1.165, 1.54) is 17.3 Å². The highest BCUT2D eigenvalue weighted by Gasteiger charge is 2.30. The van der Waals surface area contributed by atoms with Crippen LogP contribution >= 0.6 is 0 Å². The maximum Gasteiger partial charge on any atom is 0.278 e. The molecule has 1 aliphatic carbocycles. The number of piperidine rings is 1. The van der Waals surface area contributed by atoms with Gasteiger partial charge in [-0.2, -0.15) is 5.26 Å². The van der Waals surface area contributed by atoms with E-state index in [0.29, 0.717) is 46.9 Å². The molecule has 1 aromatic carbocycles. The number of ketones is 1. The van der Waals surface area contributed by atoms with Crippen molar-refractivity contribution in [2.45, 2.75) is 51.2 Å². The van der Waals surface area contributed by atoms with Crippen molar-refractivity contribution in [2.75, 3.05) is 25.1 Å². The number of ether oxygens (including phenoxy) is 1. The Labute approximate surface area is 203 Å². The van der Waals surface area contributed by atoms with Crippen LogP contribution in [0.1, 0.15) is 48.0 Å². The molecule has 0 radical (unpaired) electrons. The highest BCUT2D eigenvalue weighted by atomic mass is 16.5. The van der Waals surface area contributed by atoms with Gasteiger partial charge in [0.25, 0.3) is 5.56 Å². The van der Waals surface area contributed by atoms with Crippen molar-refractivity contribution >= 4 is 22.6 Å². The fourth-order valence-electron chi connectivity index (χ4n) is 5.15. The van der Waals surface area contributed by atoms with E-state index in [0.717, 1.165) is 38.0 Å². The molecule has 2 N–H and O–H groups in total. The monoisotopic (exact) mass is 474 g/mol. The predicted molar refractivity (Wildman–Crippen MR) is 133 cm³/mol. The van der Waals surface area contributed by atoms with Gasteiger partial charge in [0.1, 0.15) is 34.2 Å². The van der Waals surface area contributed by atoms with E-state index in [1.807, 2.05) is 4.57 Å².